The van der Waals surface area contributed by atoms with Gasteiger partial charge in [-0.15, -0.1) is 0 Å². The van der Waals surface area contributed by atoms with E-state index < -0.39 is 0 Å². The van der Waals surface area contributed by atoms with Crippen molar-refractivity contribution in [2.75, 3.05) is 26.2 Å². The normalized spacial score (nSPS) is 17.0. The Hall–Kier alpha value is -2.28. The van der Waals surface area contributed by atoms with Crippen LogP contribution in [0.4, 0.5) is 4.39 Å². The minimum absolute atomic E-state index is 0.0126. The van der Waals surface area contributed by atoms with Crippen LogP contribution in [0.2, 0.25) is 0 Å². The monoisotopic (exact) mass is 331 g/mol. The van der Waals surface area contributed by atoms with E-state index in [1.54, 1.807) is 17.1 Å². The minimum Gasteiger partial charge on any atom is -0.340 e. The van der Waals surface area contributed by atoms with E-state index >= 15 is 0 Å². The van der Waals surface area contributed by atoms with Crippen molar-refractivity contribution in [2.24, 2.45) is 0 Å². The Morgan fingerprint density at radius 1 is 1.25 bits per heavy atom. The lowest BCUT2D eigenvalue weighted by molar-refractivity contribution is -0.133. The molecule has 0 saturated carbocycles. The van der Waals surface area contributed by atoms with Crippen molar-refractivity contribution in [3.8, 4) is 0 Å². The third-order valence-corrected chi connectivity index (χ3v) is 4.59. The molecule has 0 spiro atoms. The number of aromatic nitrogens is 3. The largest absolute Gasteiger partial charge is 0.340 e. The molecule has 0 aliphatic carbocycles. The fraction of sp³-hybridized carbons (Fsp3) is 0.471. The molecule has 1 aliphatic rings. The van der Waals surface area contributed by atoms with Crippen LogP contribution in [0.15, 0.2) is 36.9 Å². The molecule has 7 heteroatoms. The summed E-state index contributed by atoms with van der Waals surface area (Å²) in [5, 5.41) is 4.00. The lowest BCUT2D eigenvalue weighted by Gasteiger charge is -2.38. The fourth-order valence-corrected chi connectivity index (χ4v) is 3.09. The van der Waals surface area contributed by atoms with E-state index in [9.17, 15) is 9.18 Å². The van der Waals surface area contributed by atoms with Crippen LogP contribution in [0.1, 0.15) is 24.9 Å². The van der Waals surface area contributed by atoms with Gasteiger partial charge in [-0.05, 0) is 13.0 Å². The predicted octanol–water partition coefficient (Wildman–Crippen LogP) is 1.71. The van der Waals surface area contributed by atoms with E-state index in [4.69, 9.17) is 0 Å². The van der Waals surface area contributed by atoms with Crippen molar-refractivity contribution in [2.45, 2.75) is 25.9 Å². The first-order valence-electron chi connectivity index (χ1n) is 8.24. The Balaban J connectivity index is 1.50. The van der Waals surface area contributed by atoms with E-state index in [1.165, 1.54) is 12.4 Å². The van der Waals surface area contributed by atoms with Crippen molar-refractivity contribution in [3.05, 3.63) is 48.3 Å². The first-order chi connectivity index (χ1) is 11.6. The van der Waals surface area contributed by atoms with Gasteiger partial charge in [0.1, 0.15) is 18.5 Å². The molecule has 2 heterocycles. The maximum absolute atomic E-state index is 13.9. The molecule has 128 valence electrons. The second-order valence-corrected chi connectivity index (χ2v) is 6.02. The van der Waals surface area contributed by atoms with Crippen LogP contribution in [0.3, 0.4) is 0 Å². The number of hydrogen-bond donors (Lipinski definition) is 0. The van der Waals surface area contributed by atoms with Crippen molar-refractivity contribution in [1.29, 1.82) is 0 Å². The zero-order valence-electron chi connectivity index (χ0n) is 13.8. The van der Waals surface area contributed by atoms with Crippen LogP contribution in [-0.4, -0.2) is 56.7 Å². The van der Waals surface area contributed by atoms with Crippen LogP contribution in [0.5, 0.6) is 0 Å². The third-order valence-electron chi connectivity index (χ3n) is 4.59. The summed E-state index contributed by atoms with van der Waals surface area (Å²) in [4.78, 5) is 20.2. The maximum Gasteiger partial charge on any atom is 0.224 e. The molecule has 1 aromatic carbocycles. The van der Waals surface area contributed by atoms with Crippen LogP contribution in [0, 0.1) is 5.82 Å². The molecule has 24 heavy (non-hydrogen) atoms. The zero-order valence-corrected chi connectivity index (χ0v) is 13.8. The molecule has 0 N–H and O–H groups in total. The van der Waals surface area contributed by atoms with E-state index in [1.807, 2.05) is 24.0 Å². The summed E-state index contributed by atoms with van der Waals surface area (Å²) in [5.41, 5.74) is 0.712. The molecule has 1 fully saturated rings. The summed E-state index contributed by atoms with van der Waals surface area (Å²) in [5.74, 6) is -0.0416. The molecule has 0 radical (unpaired) electrons. The van der Waals surface area contributed by atoms with Gasteiger partial charge in [0.15, 0.2) is 0 Å². The Morgan fingerprint density at radius 2 is 2.00 bits per heavy atom. The van der Waals surface area contributed by atoms with Crippen LogP contribution in [-0.2, 0) is 11.3 Å². The SMILES string of the molecule is C[C@@H](c1ccccc1F)N1CCN(C(=O)CCn2cncn2)CC1. The number of halogens is 1. The standard InChI is InChI=1S/C17H22FN5O/c1-14(15-4-2-3-5-16(15)18)21-8-10-22(11-9-21)17(24)6-7-23-13-19-12-20-23/h2-5,12-14H,6-11H2,1H3/t14-/m0/s1. The predicted molar refractivity (Wildman–Crippen MR) is 87.6 cm³/mol. The average Bonchev–Trinajstić information content (AvgIpc) is 3.13. The molecule has 1 aromatic heterocycles. The Labute approximate surface area is 140 Å². The van der Waals surface area contributed by atoms with Gasteiger partial charge < -0.3 is 4.90 Å². The summed E-state index contributed by atoms with van der Waals surface area (Å²) in [6, 6.07) is 6.90. The average molecular weight is 331 g/mol. The Morgan fingerprint density at radius 3 is 2.67 bits per heavy atom. The topological polar surface area (TPSA) is 54.3 Å². The molecular weight excluding hydrogens is 309 g/mol. The number of hydrogen-bond acceptors (Lipinski definition) is 4. The first kappa shape index (κ1) is 16.6. The van der Waals surface area contributed by atoms with E-state index in [0.717, 1.165) is 13.1 Å². The third kappa shape index (κ3) is 3.79. The van der Waals surface area contributed by atoms with Gasteiger partial charge in [0.05, 0.1) is 6.54 Å². The fourth-order valence-electron chi connectivity index (χ4n) is 3.09. The molecule has 0 bridgehead atoms. The van der Waals surface area contributed by atoms with Crippen molar-refractivity contribution < 1.29 is 9.18 Å². The number of piperazine rings is 1. The highest BCUT2D eigenvalue weighted by Crippen LogP contribution is 2.24. The summed E-state index contributed by atoms with van der Waals surface area (Å²) in [6.45, 7) is 5.42. The molecule has 1 amide bonds. The van der Waals surface area contributed by atoms with Gasteiger partial charge in [-0.25, -0.2) is 9.37 Å². The van der Waals surface area contributed by atoms with Gasteiger partial charge in [0.25, 0.3) is 0 Å². The van der Waals surface area contributed by atoms with Crippen molar-refractivity contribution in [3.63, 3.8) is 0 Å². The van der Waals surface area contributed by atoms with Gasteiger partial charge in [-0.2, -0.15) is 5.10 Å². The number of amides is 1. The molecule has 2 aromatic rings. The molecule has 6 nitrogen and oxygen atoms in total. The zero-order chi connectivity index (χ0) is 16.9. The van der Waals surface area contributed by atoms with Gasteiger partial charge >= 0.3 is 0 Å². The second kappa shape index (κ2) is 7.53. The quantitative estimate of drug-likeness (QED) is 0.837. The number of rotatable bonds is 5. The highest BCUT2D eigenvalue weighted by atomic mass is 19.1. The second-order valence-electron chi connectivity index (χ2n) is 6.02. The summed E-state index contributed by atoms with van der Waals surface area (Å²) in [7, 11) is 0. The number of carbonyl (C=O) groups excluding carboxylic acids is 1. The Kier molecular flexibility index (Phi) is 5.20. The number of nitrogens with zero attached hydrogens (tertiary/aromatic N) is 5. The van der Waals surface area contributed by atoms with Gasteiger partial charge in [0, 0.05) is 44.2 Å². The van der Waals surface area contributed by atoms with Crippen LogP contribution < -0.4 is 0 Å². The first-order valence-corrected chi connectivity index (χ1v) is 8.24. The van der Waals surface area contributed by atoms with Gasteiger partial charge in [-0.1, -0.05) is 18.2 Å². The highest BCUT2D eigenvalue weighted by molar-refractivity contribution is 5.76. The smallest absolute Gasteiger partial charge is 0.224 e. The van der Waals surface area contributed by atoms with Crippen molar-refractivity contribution in [1.82, 2.24) is 24.6 Å². The maximum atomic E-state index is 13.9. The van der Waals surface area contributed by atoms with E-state index in [0.29, 0.717) is 31.6 Å². The molecule has 1 atom stereocenters. The highest BCUT2D eigenvalue weighted by Gasteiger charge is 2.25. The molecule has 0 unspecified atom stereocenters. The number of benzene rings is 1. The van der Waals surface area contributed by atoms with Crippen LogP contribution >= 0.6 is 0 Å². The summed E-state index contributed by atoms with van der Waals surface area (Å²) >= 11 is 0. The number of aryl methyl sites for hydroxylation is 1. The number of carbonyl (C=O) groups is 1. The lowest BCUT2D eigenvalue weighted by Crippen LogP contribution is -2.49. The molecule has 1 aliphatic heterocycles. The minimum atomic E-state index is -0.170. The van der Waals surface area contributed by atoms with Crippen molar-refractivity contribution >= 4 is 5.91 Å². The summed E-state index contributed by atoms with van der Waals surface area (Å²) in [6.07, 6.45) is 3.50. The molecule has 1 saturated heterocycles. The Bertz CT molecular complexity index is 667. The molecule has 3 rings (SSSR count). The molecular formula is C17H22FN5O. The summed E-state index contributed by atoms with van der Waals surface area (Å²) < 4.78 is 15.6. The lowest BCUT2D eigenvalue weighted by atomic mass is 10.1. The van der Waals surface area contributed by atoms with E-state index in [2.05, 4.69) is 15.0 Å². The van der Waals surface area contributed by atoms with Gasteiger partial charge in [-0.3, -0.25) is 14.4 Å². The van der Waals surface area contributed by atoms with Crippen LogP contribution in [0.25, 0.3) is 0 Å². The van der Waals surface area contributed by atoms with E-state index in [-0.39, 0.29) is 17.8 Å². The van der Waals surface area contributed by atoms with Gasteiger partial charge in [0.2, 0.25) is 5.91 Å².